The number of hydrogen-bond acceptors (Lipinski definition) is 3. The van der Waals surface area contributed by atoms with Gasteiger partial charge in [-0.15, -0.1) is 24.0 Å². The van der Waals surface area contributed by atoms with Crippen LogP contribution in [0.15, 0.2) is 35.7 Å². The number of aliphatic imine (C=N–C) groups is 1. The number of guanidine groups is 1. The minimum absolute atomic E-state index is 0. The standard InChI is InChI=1S/C18H25N7.HI/c1-4-19-18(22-11-16-23-12-24-25(16)3)20-9-8-14-10-21-17-13(2)6-5-7-15(14)17;/h5-7,10,12,21H,4,8-9,11H2,1-3H3,(H2,19,20,22);1H. The molecule has 3 rings (SSSR count). The summed E-state index contributed by atoms with van der Waals surface area (Å²) in [6, 6.07) is 6.40. The predicted octanol–water partition coefficient (Wildman–Crippen LogP) is 2.52. The van der Waals surface area contributed by atoms with Crippen molar-refractivity contribution in [1.82, 2.24) is 30.4 Å². The summed E-state index contributed by atoms with van der Waals surface area (Å²) in [5.74, 6) is 1.63. The van der Waals surface area contributed by atoms with Gasteiger partial charge >= 0.3 is 0 Å². The van der Waals surface area contributed by atoms with Crippen molar-refractivity contribution in [1.29, 1.82) is 0 Å². The van der Waals surface area contributed by atoms with Crippen molar-refractivity contribution < 1.29 is 0 Å². The number of nitrogens with one attached hydrogen (secondary N) is 3. The van der Waals surface area contributed by atoms with Crippen LogP contribution in [0.25, 0.3) is 10.9 Å². The Morgan fingerprint density at radius 1 is 1.31 bits per heavy atom. The van der Waals surface area contributed by atoms with Crippen LogP contribution in [-0.4, -0.2) is 38.8 Å². The minimum Gasteiger partial charge on any atom is -0.361 e. The summed E-state index contributed by atoms with van der Waals surface area (Å²) in [7, 11) is 1.87. The van der Waals surface area contributed by atoms with E-state index in [9.17, 15) is 0 Å². The van der Waals surface area contributed by atoms with E-state index in [2.05, 4.69) is 68.9 Å². The first-order valence-corrected chi connectivity index (χ1v) is 8.59. The van der Waals surface area contributed by atoms with Crippen LogP contribution in [0, 0.1) is 6.92 Å². The molecular weight excluding hydrogens is 441 g/mol. The van der Waals surface area contributed by atoms with Crippen LogP contribution in [0.2, 0.25) is 0 Å². The van der Waals surface area contributed by atoms with E-state index in [0.717, 1.165) is 31.3 Å². The second kappa shape index (κ2) is 9.56. The lowest BCUT2D eigenvalue weighted by molar-refractivity contribution is 0.697. The maximum atomic E-state index is 4.58. The lowest BCUT2D eigenvalue weighted by Crippen LogP contribution is -2.38. The van der Waals surface area contributed by atoms with Crippen molar-refractivity contribution in [2.75, 3.05) is 13.1 Å². The van der Waals surface area contributed by atoms with Crippen LogP contribution >= 0.6 is 24.0 Å². The number of rotatable bonds is 6. The Balaban J connectivity index is 0.00000243. The number of aromatic amines is 1. The minimum atomic E-state index is 0. The highest BCUT2D eigenvalue weighted by Crippen LogP contribution is 2.21. The predicted molar refractivity (Wildman–Crippen MR) is 116 cm³/mol. The van der Waals surface area contributed by atoms with Gasteiger partial charge in [0.2, 0.25) is 0 Å². The fourth-order valence-electron chi connectivity index (χ4n) is 2.84. The first kappa shape index (κ1) is 20.2. The van der Waals surface area contributed by atoms with E-state index in [1.54, 1.807) is 11.0 Å². The molecule has 2 aromatic heterocycles. The number of nitrogens with zero attached hydrogens (tertiary/aromatic N) is 4. The summed E-state index contributed by atoms with van der Waals surface area (Å²) >= 11 is 0. The second-order valence-corrected chi connectivity index (χ2v) is 5.98. The van der Waals surface area contributed by atoms with Crippen LogP contribution in [0.5, 0.6) is 0 Å². The van der Waals surface area contributed by atoms with Crippen molar-refractivity contribution in [3.8, 4) is 0 Å². The van der Waals surface area contributed by atoms with Gasteiger partial charge in [-0.25, -0.2) is 9.98 Å². The van der Waals surface area contributed by atoms with Crippen LogP contribution in [0.4, 0.5) is 0 Å². The van der Waals surface area contributed by atoms with E-state index in [1.165, 1.54) is 22.0 Å². The maximum Gasteiger partial charge on any atom is 0.191 e. The second-order valence-electron chi connectivity index (χ2n) is 5.98. The summed E-state index contributed by atoms with van der Waals surface area (Å²) in [6.45, 7) is 6.31. The fourth-order valence-corrected chi connectivity index (χ4v) is 2.84. The van der Waals surface area contributed by atoms with Crippen molar-refractivity contribution in [2.24, 2.45) is 12.0 Å². The largest absolute Gasteiger partial charge is 0.361 e. The molecule has 1 aromatic carbocycles. The third kappa shape index (κ3) is 4.75. The zero-order valence-corrected chi connectivity index (χ0v) is 17.7. The van der Waals surface area contributed by atoms with Gasteiger partial charge in [-0.1, -0.05) is 18.2 Å². The number of aromatic nitrogens is 4. The Labute approximate surface area is 170 Å². The number of halogens is 1. The molecule has 0 fully saturated rings. The summed E-state index contributed by atoms with van der Waals surface area (Å²) in [5, 5.41) is 12.0. The highest BCUT2D eigenvalue weighted by Gasteiger charge is 2.06. The molecule has 2 heterocycles. The van der Waals surface area contributed by atoms with E-state index in [4.69, 9.17) is 0 Å². The Hall–Kier alpha value is -2.10. The van der Waals surface area contributed by atoms with E-state index in [1.807, 2.05) is 7.05 Å². The van der Waals surface area contributed by atoms with Gasteiger partial charge in [-0.05, 0) is 31.4 Å². The average Bonchev–Trinajstić information content (AvgIpc) is 3.20. The molecule has 0 aliphatic heterocycles. The highest BCUT2D eigenvalue weighted by molar-refractivity contribution is 14.0. The smallest absolute Gasteiger partial charge is 0.191 e. The molecule has 0 atom stereocenters. The number of benzene rings is 1. The maximum absolute atomic E-state index is 4.58. The molecular formula is C18H26IN7. The Morgan fingerprint density at radius 3 is 2.88 bits per heavy atom. The third-order valence-electron chi connectivity index (χ3n) is 4.22. The molecule has 0 aliphatic rings. The first-order valence-electron chi connectivity index (χ1n) is 8.59. The summed E-state index contributed by atoms with van der Waals surface area (Å²) in [5.41, 5.74) is 3.81. The quantitative estimate of drug-likeness (QED) is 0.296. The van der Waals surface area contributed by atoms with E-state index < -0.39 is 0 Å². The van der Waals surface area contributed by atoms with Crippen LogP contribution in [-0.2, 0) is 20.0 Å². The normalized spacial score (nSPS) is 11.4. The van der Waals surface area contributed by atoms with Gasteiger partial charge < -0.3 is 15.6 Å². The van der Waals surface area contributed by atoms with E-state index in [0.29, 0.717) is 6.54 Å². The molecule has 0 saturated heterocycles. The molecule has 0 amide bonds. The molecule has 26 heavy (non-hydrogen) atoms. The average molecular weight is 467 g/mol. The Bertz CT molecular complexity index is 865. The zero-order valence-electron chi connectivity index (χ0n) is 15.4. The van der Waals surface area contributed by atoms with Crippen LogP contribution in [0.1, 0.15) is 23.9 Å². The third-order valence-corrected chi connectivity index (χ3v) is 4.22. The summed E-state index contributed by atoms with van der Waals surface area (Å²) in [6.07, 6.45) is 4.57. The molecule has 0 aliphatic carbocycles. The van der Waals surface area contributed by atoms with Gasteiger partial charge in [-0.2, -0.15) is 5.10 Å². The SMILES string of the molecule is CCNC(=NCc1ncnn1C)NCCc1c[nH]c2c(C)cccc12.I. The monoisotopic (exact) mass is 467 g/mol. The van der Waals surface area contributed by atoms with Crippen LogP contribution < -0.4 is 10.6 Å². The molecule has 8 heteroatoms. The molecule has 140 valence electrons. The van der Waals surface area contributed by atoms with Gasteiger partial charge in [0, 0.05) is 37.2 Å². The van der Waals surface area contributed by atoms with E-state index >= 15 is 0 Å². The van der Waals surface area contributed by atoms with Crippen molar-refractivity contribution in [3.05, 3.63) is 47.7 Å². The zero-order chi connectivity index (χ0) is 17.6. The molecule has 0 unspecified atom stereocenters. The molecule has 0 radical (unpaired) electrons. The van der Waals surface area contributed by atoms with Crippen molar-refractivity contribution in [3.63, 3.8) is 0 Å². The number of hydrogen-bond donors (Lipinski definition) is 3. The topological polar surface area (TPSA) is 82.9 Å². The summed E-state index contributed by atoms with van der Waals surface area (Å²) in [4.78, 5) is 12.1. The van der Waals surface area contributed by atoms with E-state index in [-0.39, 0.29) is 24.0 Å². The molecule has 0 spiro atoms. The lowest BCUT2D eigenvalue weighted by atomic mass is 10.1. The molecule has 3 aromatic rings. The highest BCUT2D eigenvalue weighted by atomic mass is 127. The number of aryl methyl sites for hydroxylation is 2. The molecule has 3 N–H and O–H groups in total. The molecule has 0 saturated carbocycles. The van der Waals surface area contributed by atoms with Gasteiger partial charge in [0.25, 0.3) is 0 Å². The lowest BCUT2D eigenvalue weighted by Gasteiger charge is -2.11. The number of para-hydroxylation sites is 1. The molecule has 7 nitrogen and oxygen atoms in total. The number of fused-ring (bicyclic) bond motifs is 1. The van der Waals surface area contributed by atoms with Gasteiger partial charge in [0.15, 0.2) is 5.96 Å². The first-order chi connectivity index (χ1) is 12.2. The Kier molecular flexibility index (Phi) is 7.43. The Morgan fingerprint density at radius 2 is 2.15 bits per heavy atom. The fraction of sp³-hybridized carbons (Fsp3) is 0.389. The summed E-state index contributed by atoms with van der Waals surface area (Å²) < 4.78 is 1.74. The van der Waals surface area contributed by atoms with Gasteiger partial charge in [0.05, 0.1) is 0 Å². The van der Waals surface area contributed by atoms with Crippen molar-refractivity contribution in [2.45, 2.75) is 26.8 Å². The molecule has 0 bridgehead atoms. The van der Waals surface area contributed by atoms with Gasteiger partial charge in [0.1, 0.15) is 18.7 Å². The van der Waals surface area contributed by atoms with Crippen LogP contribution in [0.3, 0.4) is 0 Å². The van der Waals surface area contributed by atoms with Crippen molar-refractivity contribution >= 4 is 40.8 Å². The van der Waals surface area contributed by atoms with Gasteiger partial charge in [-0.3, -0.25) is 4.68 Å². The number of H-pyrrole nitrogens is 1.